The third-order valence-electron chi connectivity index (χ3n) is 5.46. The van der Waals surface area contributed by atoms with Crippen LogP contribution in [0.1, 0.15) is 35.2 Å². The molecule has 1 amide bonds. The van der Waals surface area contributed by atoms with Gasteiger partial charge in [0, 0.05) is 23.0 Å². The molecule has 2 fully saturated rings. The van der Waals surface area contributed by atoms with Crippen LogP contribution in [0.4, 0.5) is 0 Å². The second-order valence-corrected chi connectivity index (χ2v) is 8.21. The summed E-state index contributed by atoms with van der Waals surface area (Å²) in [5, 5.41) is 13.6. The second-order valence-electron chi connectivity index (χ2n) is 7.30. The molecule has 2 aliphatic rings. The van der Waals surface area contributed by atoms with Crippen LogP contribution < -0.4 is 0 Å². The SMILES string of the molecule is Cc1csc(-c2cc(C(=O)N3C[C@H]4CC[C@@H]3C4)cc(-n3cnnn3)c2)c1. The predicted molar refractivity (Wildman–Crippen MR) is 99.4 cm³/mol. The zero-order valence-electron chi connectivity index (χ0n) is 14.5. The summed E-state index contributed by atoms with van der Waals surface area (Å²) in [5.74, 6) is 0.813. The van der Waals surface area contributed by atoms with Crippen molar-refractivity contribution in [2.24, 2.45) is 5.92 Å². The lowest BCUT2D eigenvalue weighted by molar-refractivity contribution is 0.0703. The van der Waals surface area contributed by atoms with Gasteiger partial charge in [-0.25, -0.2) is 4.68 Å². The Bertz CT molecular complexity index is 964. The number of aromatic nitrogens is 4. The fourth-order valence-electron chi connectivity index (χ4n) is 4.21. The normalized spacial score (nSPS) is 21.5. The number of nitrogens with zero attached hydrogens (tertiary/aromatic N) is 5. The minimum atomic E-state index is 0.127. The highest BCUT2D eigenvalue weighted by Gasteiger charge is 2.40. The van der Waals surface area contributed by atoms with Gasteiger partial charge in [-0.05, 0) is 83.3 Å². The molecule has 1 saturated carbocycles. The minimum Gasteiger partial charge on any atom is -0.335 e. The number of fused-ring (bicyclic) bond motifs is 2. The van der Waals surface area contributed by atoms with Crippen LogP contribution in [0.25, 0.3) is 16.1 Å². The Morgan fingerprint density at radius 3 is 2.81 bits per heavy atom. The van der Waals surface area contributed by atoms with Crippen molar-refractivity contribution in [2.45, 2.75) is 32.2 Å². The largest absolute Gasteiger partial charge is 0.335 e. The van der Waals surface area contributed by atoms with Gasteiger partial charge in [-0.2, -0.15) is 0 Å². The Labute approximate surface area is 155 Å². The fourth-order valence-corrected chi connectivity index (χ4v) is 5.10. The third-order valence-corrected chi connectivity index (χ3v) is 6.56. The fraction of sp³-hybridized carbons (Fsp3) is 0.368. The first-order valence-corrected chi connectivity index (χ1v) is 9.80. The van der Waals surface area contributed by atoms with E-state index in [-0.39, 0.29) is 5.91 Å². The van der Waals surface area contributed by atoms with E-state index in [9.17, 15) is 4.79 Å². The number of hydrogen-bond donors (Lipinski definition) is 0. The number of amides is 1. The number of rotatable bonds is 3. The standard InChI is InChI=1S/C19H19N5OS/c1-12-4-18(26-10-12)14-6-15(8-17(7-14)24-11-20-21-22-24)19(25)23-9-13-2-3-16(23)5-13/h4,6-8,10-11,13,16H,2-3,5,9H2,1H3/t13-,16+/m0/s1. The smallest absolute Gasteiger partial charge is 0.254 e. The van der Waals surface area contributed by atoms with E-state index in [0.29, 0.717) is 17.5 Å². The van der Waals surface area contributed by atoms with Crippen LogP contribution in [0.15, 0.2) is 36.0 Å². The lowest BCUT2D eigenvalue weighted by atomic mass is 10.0. The van der Waals surface area contributed by atoms with Gasteiger partial charge in [0.2, 0.25) is 0 Å². The highest BCUT2D eigenvalue weighted by atomic mass is 32.1. The van der Waals surface area contributed by atoms with E-state index in [1.54, 1.807) is 22.3 Å². The maximum atomic E-state index is 13.2. The van der Waals surface area contributed by atoms with Crippen molar-refractivity contribution in [3.63, 3.8) is 0 Å². The molecule has 0 radical (unpaired) electrons. The number of benzene rings is 1. The Balaban J connectivity index is 1.58. The Morgan fingerprint density at radius 1 is 1.23 bits per heavy atom. The molecular formula is C19H19N5OS. The average Bonchev–Trinajstić information content (AvgIpc) is 3.44. The average molecular weight is 365 g/mol. The summed E-state index contributed by atoms with van der Waals surface area (Å²) in [6.45, 7) is 2.98. The second kappa shape index (κ2) is 6.02. The van der Waals surface area contributed by atoms with Crippen LogP contribution in [0, 0.1) is 12.8 Å². The third kappa shape index (κ3) is 2.63. The monoisotopic (exact) mass is 365 g/mol. The van der Waals surface area contributed by atoms with Crippen molar-refractivity contribution in [3.8, 4) is 16.1 Å². The molecule has 2 bridgehead atoms. The quantitative estimate of drug-likeness (QED) is 0.714. The summed E-state index contributed by atoms with van der Waals surface area (Å²) in [5.41, 5.74) is 3.78. The highest BCUT2D eigenvalue weighted by molar-refractivity contribution is 7.13. The Morgan fingerprint density at radius 2 is 2.15 bits per heavy atom. The maximum Gasteiger partial charge on any atom is 0.254 e. The molecule has 132 valence electrons. The highest BCUT2D eigenvalue weighted by Crippen LogP contribution is 2.38. The summed E-state index contributed by atoms with van der Waals surface area (Å²) in [6.07, 6.45) is 5.12. The molecule has 3 heterocycles. The molecule has 0 unspecified atom stereocenters. The number of thiophene rings is 1. The number of tetrazole rings is 1. The summed E-state index contributed by atoms with van der Waals surface area (Å²) >= 11 is 1.69. The van der Waals surface area contributed by atoms with Gasteiger partial charge in [0.1, 0.15) is 6.33 Å². The number of likely N-dealkylation sites (tertiary alicyclic amines) is 1. The molecule has 1 aliphatic carbocycles. The molecule has 26 heavy (non-hydrogen) atoms. The van der Waals surface area contributed by atoms with Gasteiger partial charge < -0.3 is 4.90 Å². The van der Waals surface area contributed by atoms with Crippen LogP contribution in [0.5, 0.6) is 0 Å². The molecule has 0 N–H and O–H groups in total. The zero-order valence-corrected chi connectivity index (χ0v) is 15.3. The van der Waals surface area contributed by atoms with Crippen molar-refractivity contribution in [1.82, 2.24) is 25.1 Å². The van der Waals surface area contributed by atoms with Crippen molar-refractivity contribution < 1.29 is 4.79 Å². The van der Waals surface area contributed by atoms with Gasteiger partial charge >= 0.3 is 0 Å². The lowest BCUT2D eigenvalue weighted by Gasteiger charge is -2.27. The molecule has 2 aromatic heterocycles. The number of carbonyl (C=O) groups is 1. The van der Waals surface area contributed by atoms with Crippen LogP contribution >= 0.6 is 11.3 Å². The van der Waals surface area contributed by atoms with E-state index in [1.807, 2.05) is 18.2 Å². The Hall–Kier alpha value is -2.54. The van der Waals surface area contributed by atoms with Crippen LogP contribution in [-0.4, -0.2) is 43.6 Å². The van der Waals surface area contributed by atoms with Crippen LogP contribution in [0.3, 0.4) is 0 Å². The first-order chi connectivity index (χ1) is 12.7. The zero-order chi connectivity index (χ0) is 17.7. The van der Waals surface area contributed by atoms with Gasteiger partial charge in [0.15, 0.2) is 0 Å². The molecule has 1 saturated heterocycles. The van der Waals surface area contributed by atoms with E-state index in [1.165, 1.54) is 12.0 Å². The lowest BCUT2D eigenvalue weighted by Crippen LogP contribution is -2.37. The van der Waals surface area contributed by atoms with E-state index >= 15 is 0 Å². The molecule has 3 aromatic rings. The minimum absolute atomic E-state index is 0.127. The van der Waals surface area contributed by atoms with Crippen molar-refractivity contribution in [3.05, 3.63) is 47.1 Å². The van der Waals surface area contributed by atoms with Gasteiger partial charge in [-0.3, -0.25) is 4.79 Å². The molecular weight excluding hydrogens is 346 g/mol. The topological polar surface area (TPSA) is 63.9 Å². The first kappa shape index (κ1) is 15.7. The maximum absolute atomic E-state index is 13.2. The summed E-state index contributed by atoms with van der Waals surface area (Å²) < 4.78 is 1.61. The predicted octanol–water partition coefficient (Wildman–Crippen LogP) is 3.32. The molecule has 7 heteroatoms. The molecule has 1 aliphatic heterocycles. The van der Waals surface area contributed by atoms with Crippen molar-refractivity contribution >= 4 is 17.2 Å². The van der Waals surface area contributed by atoms with Crippen molar-refractivity contribution in [1.29, 1.82) is 0 Å². The molecule has 6 nitrogen and oxygen atoms in total. The molecule has 1 aromatic carbocycles. The van der Waals surface area contributed by atoms with E-state index in [2.05, 4.69) is 38.8 Å². The molecule has 5 rings (SSSR count). The summed E-state index contributed by atoms with van der Waals surface area (Å²) in [4.78, 5) is 16.4. The number of piperidine rings is 1. The van der Waals surface area contributed by atoms with E-state index in [4.69, 9.17) is 0 Å². The van der Waals surface area contributed by atoms with E-state index < -0.39 is 0 Å². The van der Waals surface area contributed by atoms with Gasteiger partial charge in [-0.15, -0.1) is 16.4 Å². The summed E-state index contributed by atoms with van der Waals surface area (Å²) in [7, 11) is 0. The number of aryl methyl sites for hydroxylation is 1. The number of carbonyl (C=O) groups excluding carboxylic acids is 1. The Kier molecular flexibility index (Phi) is 3.63. The van der Waals surface area contributed by atoms with Gasteiger partial charge in [0.25, 0.3) is 5.91 Å². The van der Waals surface area contributed by atoms with Crippen LogP contribution in [-0.2, 0) is 0 Å². The molecule has 2 atom stereocenters. The van der Waals surface area contributed by atoms with Crippen LogP contribution in [0.2, 0.25) is 0 Å². The number of hydrogen-bond acceptors (Lipinski definition) is 5. The van der Waals surface area contributed by atoms with Crippen molar-refractivity contribution in [2.75, 3.05) is 6.54 Å². The molecule has 0 spiro atoms. The summed E-state index contributed by atoms with van der Waals surface area (Å²) in [6, 6.07) is 8.50. The first-order valence-electron chi connectivity index (χ1n) is 8.92. The van der Waals surface area contributed by atoms with Gasteiger partial charge in [-0.1, -0.05) is 0 Å². The van der Waals surface area contributed by atoms with Gasteiger partial charge in [0.05, 0.1) is 5.69 Å². The van der Waals surface area contributed by atoms with E-state index in [0.717, 1.165) is 35.5 Å².